The molecule has 1 N–H and O–H groups in total. The minimum absolute atomic E-state index is 0.221. The summed E-state index contributed by atoms with van der Waals surface area (Å²) in [6, 6.07) is 14.3. The number of amides is 2. The lowest BCUT2D eigenvalue weighted by molar-refractivity contribution is -0.0332. The van der Waals surface area contributed by atoms with Gasteiger partial charge in [0.05, 0.1) is 38.5 Å². The Labute approximate surface area is 225 Å². The lowest BCUT2D eigenvalue weighted by atomic mass is 10.00. The second kappa shape index (κ2) is 13.0. The standard InChI is InChI=1S/C16H21NO4.C11H12BrNO3/c1-16(2,3)21-15(19)17-8-9-20-11-14(17)13-7-5-4-6-12(13)10-18;12-9-4-2-1-3-8(9)10-7-16-6-5-13(10)11(14)15/h4-7,10,14H,8-9,11H2,1-3H3;1-4,10H,5-7H2,(H,14,15)/t14-;/m0./s1. The molecule has 2 aliphatic heterocycles. The van der Waals surface area contributed by atoms with Crippen molar-refractivity contribution >= 4 is 34.4 Å². The Hall–Kier alpha value is -2.95. The Morgan fingerprint density at radius 1 is 0.946 bits per heavy atom. The second-order valence-electron chi connectivity index (χ2n) is 9.60. The molecule has 0 aliphatic carbocycles. The molecule has 2 aromatic rings. The van der Waals surface area contributed by atoms with Crippen LogP contribution in [0.4, 0.5) is 9.59 Å². The molecule has 1 unspecified atom stereocenters. The number of morpholine rings is 2. The first-order valence-corrected chi connectivity index (χ1v) is 12.8. The molecule has 2 saturated heterocycles. The number of aldehydes is 1. The van der Waals surface area contributed by atoms with Crippen LogP contribution in [-0.4, -0.2) is 78.5 Å². The number of hydrogen-bond donors (Lipinski definition) is 1. The van der Waals surface area contributed by atoms with Crippen molar-refractivity contribution in [3.63, 3.8) is 0 Å². The molecule has 0 radical (unpaired) electrons. The largest absolute Gasteiger partial charge is 0.465 e. The summed E-state index contributed by atoms with van der Waals surface area (Å²) in [7, 11) is 0. The van der Waals surface area contributed by atoms with E-state index in [1.54, 1.807) is 17.0 Å². The molecule has 0 saturated carbocycles. The van der Waals surface area contributed by atoms with Gasteiger partial charge in [-0.1, -0.05) is 58.4 Å². The monoisotopic (exact) mass is 576 g/mol. The molecule has 0 aromatic heterocycles. The number of halogens is 1. The molecule has 2 heterocycles. The number of ether oxygens (including phenoxy) is 3. The maximum atomic E-state index is 12.4. The topological polar surface area (TPSA) is 106 Å². The van der Waals surface area contributed by atoms with E-state index < -0.39 is 11.7 Å². The van der Waals surface area contributed by atoms with E-state index >= 15 is 0 Å². The SMILES string of the molecule is CC(C)(C)OC(=O)N1CCOC[C@H]1c1ccccc1C=O.O=C(O)N1CCOCC1c1ccccc1Br. The molecule has 0 spiro atoms. The molecular formula is C27H33BrN2O7. The van der Waals surface area contributed by atoms with Crippen LogP contribution in [0.3, 0.4) is 0 Å². The summed E-state index contributed by atoms with van der Waals surface area (Å²) in [4.78, 5) is 37.7. The molecule has 200 valence electrons. The van der Waals surface area contributed by atoms with Crippen LogP contribution < -0.4 is 0 Å². The van der Waals surface area contributed by atoms with Crippen LogP contribution >= 0.6 is 15.9 Å². The number of carboxylic acid groups (broad SMARTS) is 1. The van der Waals surface area contributed by atoms with Gasteiger partial charge in [0.1, 0.15) is 11.9 Å². The third-order valence-corrected chi connectivity index (χ3v) is 6.60. The van der Waals surface area contributed by atoms with Gasteiger partial charge in [-0.15, -0.1) is 0 Å². The summed E-state index contributed by atoms with van der Waals surface area (Å²) < 4.78 is 17.2. The molecule has 4 rings (SSSR count). The quantitative estimate of drug-likeness (QED) is 0.493. The highest BCUT2D eigenvalue weighted by Crippen LogP contribution is 2.30. The van der Waals surface area contributed by atoms with Crippen molar-refractivity contribution in [1.29, 1.82) is 0 Å². The van der Waals surface area contributed by atoms with E-state index in [9.17, 15) is 14.4 Å². The number of benzene rings is 2. The predicted octanol–water partition coefficient (Wildman–Crippen LogP) is 5.31. The summed E-state index contributed by atoms with van der Waals surface area (Å²) in [6.45, 7) is 8.08. The van der Waals surface area contributed by atoms with Crippen molar-refractivity contribution in [3.8, 4) is 0 Å². The lowest BCUT2D eigenvalue weighted by Crippen LogP contribution is -2.46. The van der Waals surface area contributed by atoms with Gasteiger partial charge in [0.15, 0.2) is 0 Å². The maximum Gasteiger partial charge on any atom is 0.410 e. The van der Waals surface area contributed by atoms with Gasteiger partial charge in [-0.3, -0.25) is 14.6 Å². The molecule has 2 aliphatic rings. The fourth-order valence-corrected chi connectivity index (χ4v) is 4.71. The van der Waals surface area contributed by atoms with Crippen molar-refractivity contribution < 1.29 is 33.7 Å². The highest BCUT2D eigenvalue weighted by atomic mass is 79.9. The van der Waals surface area contributed by atoms with E-state index in [2.05, 4.69) is 15.9 Å². The third-order valence-electron chi connectivity index (χ3n) is 5.88. The molecule has 2 aromatic carbocycles. The molecule has 9 nitrogen and oxygen atoms in total. The lowest BCUT2D eigenvalue weighted by Gasteiger charge is -2.37. The molecule has 2 fully saturated rings. The van der Waals surface area contributed by atoms with E-state index in [4.69, 9.17) is 19.3 Å². The van der Waals surface area contributed by atoms with Crippen molar-refractivity contribution in [2.45, 2.75) is 38.5 Å². The average molecular weight is 577 g/mol. The van der Waals surface area contributed by atoms with E-state index in [0.717, 1.165) is 21.9 Å². The van der Waals surface area contributed by atoms with Gasteiger partial charge in [-0.25, -0.2) is 9.59 Å². The summed E-state index contributed by atoms with van der Waals surface area (Å²) in [5.41, 5.74) is 1.76. The molecule has 0 bridgehead atoms. The maximum absolute atomic E-state index is 12.4. The van der Waals surface area contributed by atoms with Gasteiger partial charge < -0.3 is 19.3 Å². The number of rotatable bonds is 3. The normalized spacial score (nSPS) is 19.9. The Kier molecular flexibility index (Phi) is 10.1. The Bertz CT molecular complexity index is 1090. The van der Waals surface area contributed by atoms with Crippen LogP contribution in [-0.2, 0) is 14.2 Å². The average Bonchev–Trinajstić information content (AvgIpc) is 2.88. The van der Waals surface area contributed by atoms with Gasteiger partial charge in [0, 0.05) is 23.1 Å². The van der Waals surface area contributed by atoms with E-state index in [1.165, 1.54) is 4.90 Å². The zero-order valence-corrected chi connectivity index (χ0v) is 22.8. The van der Waals surface area contributed by atoms with Gasteiger partial charge in [0.25, 0.3) is 0 Å². The summed E-state index contributed by atoms with van der Waals surface area (Å²) in [5.74, 6) is 0. The minimum Gasteiger partial charge on any atom is -0.465 e. The van der Waals surface area contributed by atoms with Crippen molar-refractivity contribution in [2.75, 3.05) is 39.5 Å². The highest BCUT2D eigenvalue weighted by molar-refractivity contribution is 9.10. The second-order valence-corrected chi connectivity index (χ2v) is 10.5. The van der Waals surface area contributed by atoms with Gasteiger partial charge in [-0.05, 0) is 38.0 Å². The predicted molar refractivity (Wildman–Crippen MR) is 141 cm³/mol. The Morgan fingerprint density at radius 2 is 1.49 bits per heavy atom. The Balaban J connectivity index is 0.000000213. The first-order valence-electron chi connectivity index (χ1n) is 12.1. The molecule has 37 heavy (non-hydrogen) atoms. The molecular weight excluding hydrogens is 544 g/mol. The number of carbonyl (C=O) groups is 3. The summed E-state index contributed by atoms with van der Waals surface area (Å²) in [6.07, 6.45) is -0.474. The smallest absolute Gasteiger partial charge is 0.410 e. The number of nitrogens with zero attached hydrogens (tertiary/aromatic N) is 2. The van der Waals surface area contributed by atoms with Crippen molar-refractivity contribution in [3.05, 3.63) is 69.7 Å². The minimum atomic E-state index is -0.899. The molecule has 2 amide bonds. The number of carbonyl (C=O) groups excluding carboxylic acids is 2. The van der Waals surface area contributed by atoms with Crippen LogP contribution in [0.25, 0.3) is 0 Å². The van der Waals surface area contributed by atoms with Gasteiger partial charge in [0.2, 0.25) is 0 Å². The fourth-order valence-electron chi connectivity index (χ4n) is 4.16. The van der Waals surface area contributed by atoms with E-state index in [-0.39, 0.29) is 18.2 Å². The van der Waals surface area contributed by atoms with Crippen LogP contribution in [0.15, 0.2) is 53.0 Å². The first kappa shape index (κ1) is 28.6. The number of hydrogen-bond acceptors (Lipinski definition) is 6. The van der Waals surface area contributed by atoms with Crippen LogP contribution in [0.5, 0.6) is 0 Å². The van der Waals surface area contributed by atoms with Crippen LogP contribution in [0, 0.1) is 0 Å². The Morgan fingerprint density at radius 3 is 2.05 bits per heavy atom. The zero-order valence-electron chi connectivity index (χ0n) is 21.3. The third kappa shape index (κ3) is 7.77. The molecule has 2 atom stereocenters. The van der Waals surface area contributed by atoms with E-state index in [1.807, 2.05) is 57.2 Å². The summed E-state index contributed by atoms with van der Waals surface area (Å²) in [5, 5.41) is 9.12. The fraction of sp³-hybridized carbons (Fsp3) is 0.444. The summed E-state index contributed by atoms with van der Waals surface area (Å²) >= 11 is 3.43. The highest BCUT2D eigenvalue weighted by Gasteiger charge is 2.33. The van der Waals surface area contributed by atoms with Crippen molar-refractivity contribution in [1.82, 2.24) is 9.80 Å². The molecule has 10 heteroatoms. The van der Waals surface area contributed by atoms with Crippen LogP contribution in [0.1, 0.15) is 54.3 Å². The van der Waals surface area contributed by atoms with Crippen LogP contribution in [0.2, 0.25) is 0 Å². The van der Waals surface area contributed by atoms with Gasteiger partial charge in [-0.2, -0.15) is 0 Å². The zero-order chi connectivity index (χ0) is 27.0. The van der Waals surface area contributed by atoms with Crippen molar-refractivity contribution in [2.24, 2.45) is 0 Å². The van der Waals surface area contributed by atoms with E-state index in [0.29, 0.717) is 45.1 Å². The van der Waals surface area contributed by atoms with Gasteiger partial charge >= 0.3 is 12.2 Å². The first-order chi connectivity index (χ1) is 17.6.